The van der Waals surface area contributed by atoms with E-state index in [2.05, 4.69) is 8.37 Å². The molecule has 0 saturated heterocycles. The summed E-state index contributed by atoms with van der Waals surface area (Å²) in [4.78, 5) is 10.7. The molecule has 2 N–H and O–H groups in total. The number of hydrogen-bond acceptors (Lipinski definition) is 8. The first-order valence-electron chi connectivity index (χ1n) is 5.84. The average Bonchev–Trinajstić information content (AvgIpc) is 2.27. The average molecular weight is 366 g/mol. The van der Waals surface area contributed by atoms with E-state index in [0.717, 1.165) is 0 Å². The molecule has 21 heavy (non-hydrogen) atoms. The van der Waals surface area contributed by atoms with Gasteiger partial charge in [-0.1, -0.05) is 0 Å². The maximum atomic E-state index is 10.7. The van der Waals surface area contributed by atoms with Gasteiger partial charge in [0, 0.05) is 12.2 Å². The normalized spacial score (nSPS) is 14.0. The Bertz CT molecular complexity index is 511. The van der Waals surface area contributed by atoms with Crippen molar-refractivity contribution in [3.05, 3.63) is 0 Å². The minimum absolute atomic E-state index is 0.0232. The van der Waals surface area contributed by atoms with Crippen LogP contribution in [-0.2, 0) is 34.0 Å². The van der Waals surface area contributed by atoms with Gasteiger partial charge in [-0.15, -0.1) is 0 Å². The lowest BCUT2D eigenvalue weighted by Crippen LogP contribution is -2.27. The molecule has 0 amide bonds. The van der Waals surface area contributed by atoms with E-state index in [1.165, 1.54) is 18.7 Å². The topological polar surface area (TPSA) is 144 Å². The monoisotopic (exact) mass is 366 g/mol. The summed E-state index contributed by atoms with van der Waals surface area (Å²) < 4.78 is 67.2. The quantitative estimate of drug-likeness (QED) is 0.369. The number of unbranched alkanes of at least 4 members (excludes halogenated alkanes) is 1. The van der Waals surface area contributed by atoms with Crippen molar-refractivity contribution in [3.63, 3.8) is 0 Å². The second-order valence-corrected chi connectivity index (χ2v) is 7.38. The zero-order valence-corrected chi connectivity index (χ0v) is 13.7. The molecular weight excluding hydrogens is 348 g/mol. The van der Waals surface area contributed by atoms with Gasteiger partial charge in [0.25, 0.3) is 0 Å². The fourth-order valence-corrected chi connectivity index (χ4v) is 3.11. The van der Waals surface area contributed by atoms with Gasteiger partial charge in [-0.2, -0.15) is 28.6 Å². The molecule has 0 aromatic carbocycles. The van der Waals surface area contributed by atoms with E-state index in [9.17, 15) is 21.6 Å². The third-order valence-electron chi connectivity index (χ3n) is 2.03. The van der Waals surface area contributed by atoms with Gasteiger partial charge in [0.2, 0.25) is 0 Å². The Balaban J connectivity index is 4.13. The second kappa shape index (κ2) is 9.71. The molecule has 0 saturated carbocycles. The standard InChI is InChI=1S/C9H18O9S3/c1-8(10)4-2-3-5-19-7-9(18-21(14,15)16)6-17-20(11,12)13/h9H,2-7H2,1H3,(H,11,12,13)(H,14,15,16). The number of thioether (sulfide) groups is 1. The van der Waals surface area contributed by atoms with Crippen LogP contribution < -0.4 is 0 Å². The Labute approximate surface area is 128 Å². The van der Waals surface area contributed by atoms with Crippen LogP contribution in [0.25, 0.3) is 0 Å². The zero-order chi connectivity index (χ0) is 16.5. The van der Waals surface area contributed by atoms with E-state index in [-0.39, 0.29) is 11.5 Å². The van der Waals surface area contributed by atoms with Gasteiger partial charge in [-0.25, -0.2) is 8.37 Å². The molecule has 0 spiro atoms. The molecule has 0 aliphatic rings. The Hall–Kier alpha value is -0.240. The first kappa shape index (κ1) is 20.8. The fraction of sp³-hybridized carbons (Fsp3) is 0.889. The highest BCUT2D eigenvalue weighted by molar-refractivity contribution is 7.99. The Kier molecular flexibility index (Phi) is 9.60. The Morgan fingerprint density at radius 2 is 1.76 bits per heavy atom. The molecule has 1 atom stereocenters. The van der Waals surface area contributed by atoms with E-state index >= 15 is 0 Å². The van der Waals surface area contributed by atoms with E-state index in [1.807, 2.05) is 0 Å². The summed E-state index contributed by atoms with van der Waals surface area (Å²) >= 11 is 1.24. The summed E-state index contributed by atoms with van der Waals surface area (Å²) in [5.41, 5.74) is 0. The fourth-order valence-electron chi connectivity index (χ4n) is 1.23. The Morgan fingerprint density at radius 3 is 2.24 bits per heavy atom. The molecule has 0 aromatic rings. The number of carbonyl (C=O) groups excluding carboxylic acids is 1. The van der Waals surface area contributed by atoms with Crippen LogP contribution in [0.4, 0.5) is 0 Å². The van der Waals surface area contributed by atoms with E-state index in [1.54, 1.807) is 0 Å². The second-order valence-electron chi connectivity index (χ2n) is 4.09. The third kappa shape index (κ3) is 16.0. The van der Waals surface area contributed by atoms with Crippen molar-refractivity contribution in [2.45, 2.75) is 32.3 Å². The van der Waals surface area contributed by atoms with Crippen molar-refractivity contribution in [3.8, 4) is 0 Å². The van der Waals surface area contributed by atoms with Gasteiger partial charge in [-0.3, -0.25) is 9.11 Å². The van der Waals surface area contributed by atoms with Crippen LogP contribution in [0.3, 0.4) is 0 Å². The molecule has 0 radical (unpaired) electrons. The van der Waals surface area contributed by atoms with Crippen LogP contribution in [0.2, 0.25) is 0 Å². The molecule has 0 fully saturated rings. The number of Topliss-reactive ketones (excluding diaryl/α,β-unsaturated/α-hetero) is 1. The first-order chi connectivity index (χ1) is 9.49. The van der Waals surface area contributed by atoms with Crippen molar-refractivity contribution in [2.24, 2.45) is 0 Å². The maximum absolute atomic E-state index is 10.7. The summed E-state index contributed by atoms with van der Waals surface area (Å²) in [6, 6.07) is 0. The van der Waals surface area contributed by atoms with Crippen LogP contribution in [0.5, 0.6) is 0 Å². The molecule has 1 unspecified atom stereocenters. The lowest BCUT2D eigenvalue weighted by molar-refractivity contribution is -0.117. The molecule has 12 heteroatoms. The summed E-state index contributed by atoms with van der Waals surface area (Å²) in [6.07, 6.45) is 0.590. The van der Waals surface area contributed by atoms with Crippen molar-refractivity contribution in [1.29, 1.82) is 0 Å². The zero-order valence-electron chi connectivity index (χ0n) is 11.3. The van der Waals surface area contributed by atoms with Gasteiger partial charge in [0.05, 0.1) is 6.61 Å². The van der Waals surface area contributed by atoms with E-state index in [0.29, 0.717) is 25.0 Å². The third-order valence-corrected chi connectivity index (χ3v) is 4.17. The summed E-state index contributed by atoms with van der Waals surface area (Å²) in [6.45, 7) is 0.731. The summed E-state index contributed by atoms with van der Waals surface area (Å²) in [7, 11) is -9.49. The largest absolute Gasteiger partial charge is 0.397 e. The van der Waals surface area contributed by atoms with Crippen LogP contribution in [0.1, 0.15) is 26.2 Å². The molecule has 9 nitrogen and oxygen atoms in total. The minimum atomic E-state index is -4.76. The molecule has 0 rings (SSSR count). The van der Waals surface area contributed by atoms with Crippen LogP contribution in [0, 0.1) is 0 Å². The molecule has 0 aliphatic heterocycles. The molecule has 0 aromatic heterocycles. The lowest BCUT2D eigenvalue weighted by Gasteiger charge is -2.14. The predicted octanol–water partition coefficient (Wildman–Crippen LogP) is 0.486. The summed E-state index contributed by atoms with van der Waals surface area (Å²) in [5, 5.41) is 0. The number of ketones is 1. The van der Waals surface area contributed by atoms with Crippen molar-refractivity contribution < 1.29 is 39.1 Å². The highest BCUT2D eigenvalue weighted by Crippen LogP contribution is 2.12. The van der Waals surface area contributed by atoms with Gasteiger partial charge in [0.1, 0.15) is 11.9 Å². The number of hydrogen-bond donors (Lipinski definition) is 2. The van der Waals surface area contributed by atoms with Gasteiger partial charge >= 0.3 is 20.8 Å². The van der Waals surface area contributed by atoms with E-state index < -0.39 is 33.5 Å². The van der Waals surface area contributed by atoms with Gasteiger partial charge in [0.15, 0.2) is 0 Å². The lowest BCUT2D eigenvalue weighted by atomic mass is 10.2. The van der Waals surface area contributed by atoms with Crippen molar-refractivity contribution >= 4 is 38.3 Å². The molecule has 0 heterocycles. The Morgan fingerprint density at radius 1 is 1.14 bits per heavy atom. The first-order valence-corrected chi connectivity index (χ1v) is 9.73. The van der Waals surface area contributed by atoms with Crippen molar-refractivity contribution in [2.75, 3.05) is 18.1 Å². The smallest absolute Gasteiger partial charge is 0.300 e. The van der Waals surface area contributed by atoms with E-state index in [4.69, 9.17) is 9.11 Å². The highest BCUT2D eigenvalue weighted by atomic mass is 32.3. The molecule has 0 aliphatic carbocycles. The van der Waals surface area contributed by atoms with Gasteiger partial charge < -0.3 is 4.79 Å². The molecule has 0 bridgehead atoms. The van der Waals surface area contributed by atoms with Crippen LogP contribution in [-0.4, -0.2) is 55.9 Å². The molecule has 126 valence electrons. The van der Waals surface area contributed by atoms with Crippen LogP contribution in [0.15, 0.2) is 0 Å². The van der Waals surface area contributed by atoms with Gasteiger partial charge in [-0.05, 0) is 25.5 Å². The highest BCUT2D eigenvalue weighted by Gasteiger charge is 2.20. The van der Waals surface area contributed by atoms with Crippen molar-refractivity contribution in [1.82, 2.24) is 0 Å². The number of carbonyl (C=O) groups is 1. The molecular formula is C9H18O9S3. The number of rotatable bonds is 12. The van der Waals surface area contributed by atoms with Crippen LogP contribution >= 0.6 is 11.8 Å². The predicted molar refractivity (Wildman–Crippen MR) is 75.8 cm³/mol. The SMILES string of the molecule is CC(=O)CCCCSCC(COS(=O)(=O)O)OS(=O)(=O)O. The minimum Gasteiger partial charge on any atom is -0.300 e. The summed E-state index contributed by atoms with van der Waals surface area (Å²) in [5.74, 6) is 0.689. The maximum Gasteiger partial charge on any atom is 0.397 e.